The molecule has 2 aromatic rings. The number of hydrogen-bond donors (Lipinski definition) is 0. The summed E-state index contributed by atoms with van der Waals surface area (Å²) in [4.78, 5) is 4.36. The highest BCUT2D eigenvalue weighted by Crippen LogP contribution is 2.27. The number of nitrogens with zero attached hydrogens (tertiary/aromatic N) is 3. The van der Waals surface area contributed by atoms with E-state index < -0.39 is 0 Å². The van der Waals surface area contributed by atoms with Crippen LogP contribution in [-0.4, -0.2) is 20.8 Å². The molecule has 2 rings (SSSR count). The van der Waals surface area contributed by atoms with Crippen molar-refractivity contribution in [1.29, 1.82) is 0 Å². The van der Waals surface area contributed by atoms with E-state index in [0.717, 1.165) is 26.7 Å². The predicted octanol–water partition coefficient (Wildman–Crippen LogP) is 3.66. The molecule has 4 nitrogen and oxygen atoms in total. The Morgan fingerprint density at radius 3 is 2.88 bits per heavy atom. The molecule has 92 valence electrons. The molecule has 0 aromatic carbocycles. The fourth-order valence-corrected chi connectivity index (χ4v) is 3.23. The second kappa shape index (κ2) is 5.88. The largest absolute Gasteiger partial charge is 0.361 e. The molecule has 0 unspecified atom stereocenters. The lowest BCUT2D eigenvalue weighted by atomic mass is 10.1. The van der Waals surface area contributed by atoms with Gasteiger partial charge in [-0.3, -0.25) is 0 Å². The molecule has 17 heavy (non-hydrogen) atoms. The molecule has 0 spiro atoms. The Hall–Kier alpha value is -0.530. The van der Waals surface area contributed by atoms with Crippen molar-refractivity contribution in [1.82, 2.24) is 14.5 Å². The Morgan fingerprint density at radius 2 is 2.29 bits per heavy atom. The van der Waals surface area contributed by atoms with Gasteiger partial charge in [-0.05, 0) is 17.8 Å². The highest BCUT2D eigenvalue weighted by Gasteiger charge is 2.09. The van der Waals surface area contributed by atoms with E-state index in [4.69, 9.17) is 4.52 Å². The van der Waals surface area contributed by atoms with Crippen LogP contribution in [-0.2, 0) is 5.75 Å². The van der Waals surface area contributed by atoms with Crippen LogP contribution in [0.15, 0.2) is 20.1 Å². The van der Waals surface area contributed by atoms with E-state index in [2.05, 4.69) is 28.4 Å². The average Bonchev–Trinajstić information content (AvgIpc) is 2.95. The molecule has 0 aliphatic carbocycles. The first kappa shape index (κ1) is 12.9. The maximum absolute atomic E-state index is 5.24. The van der Waals surface area contributed by atoms with Crippen LogP contribution >= 0.6 is 35.1 Å². The molecule has 7 heteroatoms. The quantitative estimate of drug-likeness (QED) is 0.782. The summed E-state index contributed by atoms with van der Waals surface area (Å²) in [5.74, 6) is 2.09. The van der Waals surface area contributed by atoms with Crippen molar-refractivity contribution in [2.24, 2.45) is 0 Å². The summed E-state index contributed by atoms with van der Waals surface area (Å²) in [6.45, 7) is 4.18. The normalized spacial score (nSPS) is 11.3. The van der Waals surface area contributed by atoms with E-state index in [1.165, 1.54) is 11.5 Å². The van der Waals surface area contributed by atoms with Crippen molar-refractivity contribution in [2.75, 3.05) is 6.26 Å². The Morgan fingerprint density at radius 1 is 1.47 bits per heavy atom. The molecular formula is C10H13N3OS3. The molecule has 0 bridgehead atoms. The summed E-state index contributed by atoms with van der Waals surface area (Å²) in [5, 5.41) is 4.87. The first-order valence-electron chi connectivity index (χ1n) is 5.15. The van der Waals surface area contributed by atoms with Crippen molar-refractivity contribution >= 4 is 35.1 Å². The van der Waals surface area contributed by atoms with Gasteiger partial charge >= 0.3 is 0 Å². The molecule has 2 aromatic heterocycles. The second-order valence-electron chi connectivity index (χ2n) is 3.71. The van der Waals surface area contributed by atoms with Crippen LogP contribution in [0.5, 0.6) is 0 Å². The number of aromatic nitrogens is 3. The zero-order valence-electron chi connectivity index (χ0n) is 9.84. The Bertz CT molecular complexity index is 481. The minimum absolute atomic E-state index is 0.380. The number of rotatable bonds is 5. The molecule has 0 aliphatic rings. The highest BCUT2D eigenvalue weighted by atomic mass is 32.2. The van der Waals surface area contributed by atoms with Crippen LogP contribution in [0.1, 0.15) is 31.2 Å². The fraction of sp³-hybridized carbons (Fsp3) is 0.500. The summed E-state index contributed by atoms with van der Waals surface area (Å²) in [6.07, 6.45) is 1.98. The number of thioether (sulfide) groups is 2. The average molecular weight is 287 g/mol. The van der Waals surface area contributed by atoms with Gasteiger partial charge in [0.2, 0.25) is 5.16 Å². The van der Waals surface area contributed by atoms with Gasteiger partial charge < -0.3 is 4.52 Å². The predicted molar refractivity (Wildman–Crippen MR) is 71.8 cm³/mol. The van der Waals surface area contributed by atoms with Crippen molar-refractivity contribution < 1.29 is 4.52 Å². The summed E-state index contributed by atoms with van der Waals surface area (Å²) < 4.78 is 10.4. The topological polar surface area (TPSA) is 51.8 Å². The van der Waals surface area contributed by atoms with Crippen LogP contribution in [0.2, 0.25) is 0 Å². The highest BCUT2D eigenvalue weighted by molar-refractivity contribution is 8.00. The lowest BCUT2D eigenvalue weighted by Crippen LogP contribution is -1.81. The maximum Gasteiger partial charge on any atom is 0.200 e. The minimum Gasteiger partial charge on any atom is -0.361 e. The monoisotopic (exact) mass is 287 g/mol. The molecule has 0 radical (unpaired) electrons. The third kappa shape index (κ3) is 3.46. The lowest BCUT2D eigenvalue weighted by molar-refractivity contribution is 0.367. The Balaban J connectivity index is 1.92. The smallest absolute Gasteiger partial charge is 0.200 e. The van der Waals surface area contributed by atoms with Gasteiger partial charge in [0.1, 0.15) is 5.76 Å². The summed E-state index contributed by atoms with van der Waals surface area (Å²) in [6, 6.07) is 2.01. The van der Waals surface area contributed by atoms with E-state index in [9.17, 15) is 0 Å². The standard InChI is InChI=1S/C10H13N3OS3/c1-6(2)8-4-7(12-14-8)5-16-10-11-9(15-3)13-17-10/h4,6H,5H2,1-3H3. The molecular weight excluding hydrogens is 274 g/mol. The Kier molecular flexibility index (Phi) is 4.47. The summed E-state index contributed by atoms with van der Waals surface area (Å²) >= 11 is 4.63. The third-order valence-electron chi connectivity index (χ3n) is 2.06. The van der Waals surface area contributed by atoms with Crippen LogP contribution in [0.4, 0.5) is 0 Å². The molecule has 2 heterocycles. The Labute approximate surface area is 113 Å². The van der Waals surface area contributed by atoms with Crippen molar-refractivity contribution in [2.45, 2.75) is 35.0 Å². The summed E-state index contributed by atoms with van der Waals surface area (Å²) in [7, 11) is 0. The van der Waals surface area contributed by atoms with Crippen molar-refractivity contribution in [3.05, 3.63) is 17.5 Å². The molecule has 0 saturated carbocycles. The maximum atomic E-state index is 5.24. The van der Waals surface area contributed by atoms with Gasteiger partial charge in [0.05, 0.1) is 5.69 Å². The van der Waals surface area contributed by atoms with E-state index in [-0.39, 0.29) is 0 Å². The molecule has 0 amide bonds. The van der Waals surface area contributed by atoms with Gasteiger partial charge in [-0.1, -0.05) is 42.5 Å². The number of hydrogen-bond acceptors (Lipinski definition) is 7. The first-order chi connectivity index (χ1) is 8.19. The minimum atomic E-state index is 0.380. The molecule has 0 aliphatic heterocycles. The van der Waals surface area contributed by atoms with E-state index in [1.807, 2.05) is 12.3 Å². The third-order valence-corrected chi connectivity index (χ3v) is 4.59. The fourth-order valence-electron chi connectivity index (χ4n) is 1.14. The van der Waals surface area contributed by atoms with Gasteiger partial charge in [-0.2, -0.15) is 4.37 Å². The SMILES string of the molecule is CSc1nsc(SCc2cc(C(C)C)on2)n1. The van der Waals surface area contributed by atoms with Crippen LogP contribution in [0.3, 0.4) is 0 Å². The zero-order chi connectivity index (χ0) is 12.3. The molecule has 0 fully saturated rings. The van der Waals surface area contributed by atoms with Gasteiger partial charge in [0.25, 0.3) is 0 Å². The van der Waals surface area contributed by atoms with Gasteiger partial charge in [-0.15, -0.1) is 0 Å². The van der Waals surface area contributed by atoms with Gasteiger partial charge in [0.15, 0.2) is 4.34 Å². The zero-order valence-corrected chi connectivity index (χ0v) is 12.3. The summed E-state index contributed by atoms with van der Waals surface area (Å²) in [5.41, 5.74) is 0.958. The molecule has 0 atom stereocenters. The second-order valence-corrected chi connectivity index (χ2v) is 6.46. The van der Waals surface area contributed by atoms with Gasteiger partial charge in [0, 0.05) is 17.7 Å². The van der Waals surface area contributed by atoms with E-state index in [0.29, 0.717) is 5.92 Å². The molecule has 0 saturated heterocycles. The lowest BCUT2D eigenvalue weighted by Gasteiger charge is -1.93. The van der Waals surface area contributed by atoms with Gasteiger partial charge in [-0.25, -0.2) is 4.98 Å². The molecule has 0 N–H and O–H groups in total. The van der Waals surface area contributed by atoms with Crippen LogP contribution in [0.25, 0.3) is 0 Å². The van der Waals surface area contributed by atoms with Crippen LogP contribution < -0.4 is 0 Å². The van der Waals surface area contributed by atoms with Crippen molar-refractivity contribution in [3.63, 3.8) is 0 Å². The van der Waals surface area contributed by atoms with Crippen molar-refractivity contribution in [3.8, 4) is 0 Å². The first-order valence-corrected chi connectivity index (χ1v) is 8.13. The van der Waals surface area contributed by atoms with E-state index >= 15 is 0 Å². The van der Waals surface area contributed by atoms with E-state index in [1.54, 1.807) is 23.5 Å². The van der Waals surface area contributed by atoms with Crippen LogP contribution in [0, 0.1) is 0 Å².